The lowest BCUT2D eigenvalue weighted by atomic mass is 9.97. The van der Waals surface area contributed by atoms with Gasteiger partial charge in [-0.05, 0) is 29.8 Å². The highest BCUT2D eigenvalue weighted by Crippen LogP contribution is 2.36. The van der Waals surface area contributed by atoms with Crippen LogP contribution in [-0.4, -0.2) is 15.9 Å². The number of H-pyrrole nitrogens is 1. The Kier molecular flexibility index (Phi) is 5.87. The van der Waals surface area contributed by atoms with Crippen LogP contribution < -0.4 is 10.7 Å². The van der Waals surface area contributed by atoms with Gasteiger partial charge in [0.05, 0.1) is 22.9 Å². The first-order valence-corrected chi connectivity index (χ1v) is 8.65. The minimum atomic E-state index is -4.83. The molecule has 3 rings (SSSR count). The normalized spacial score (nSPS) is 13.0. The summed E-state index contributed by atoms with van der Waals surface area (Å²) < 4.78 is 79.1. The molecular weight excluding hydrogens is 428 g/mol. The Hall–Kier alpha value is -3.63. The Labute approximate surface area is 170 Å². The van der Waals surface area contributed by atoms with Crippen LogP contribution in [0.5, 0.6) is 0 Å². The Morgan fingerprint density at radius 2 is 1.65 bits per heavy atom. The fourth-order valence-corrected chi connectivity index (χ4v) is 2.85. The molecule has 0 radical (unpaired) electrons. The van der Waals surface area contributed by atoms with Gasteiger partial charge < -0.3 is 10.3 Å². The molecule has 0 bridgehead atoms. The van der Waals surface area contributed by atoms with Gasteiger partial charge in [0.25, 0.3) is 5.91 Å². The maximum atomic E-state index is 13.5. The molecule has 5 nitrogen and oxygen atoms in total. The molecule has 0 unspecified atom stereocenters. The highest BCUT2D eigenvalue weighted by atomic mass is 19.4. The average Bonchev–Trinajstić information content (AvgIpc) is 2.71. The van der Waals surface area contributed by atoms with E-state index >= 15 is 0 Å². The Morgan fingerprint density at radius 3 is 2.23 bits per heavy atom. The molecule has 1 aromatic carbocycles. The van der Waals surface area contributed by atoms with Crippen molar-refractivity contribution in [2.24, 2.45) is 0 Å². The van der Waals surface area contributed by atoms with E-state index in [-0.39, 0.29) is 11.3 Å². The summed E-state index contributed by atoms with van der Waals surface area (Å²) in [6.07, 6.45) is -7.24. The molecule has 0 aliphatic carbocycles. The first kappa shape index (κ1) is 22.1. The van der Waals surface area contributed by atoms with Crippen molar-refractivity contribution >= 4 is 5.91 Å². The van der Waals surface area contributed by atoms with Crippen LogP contribution in [0.2, 0.25) is 0 Å². The van der Waals surface area contributed by atoms with Crippen molar-refractivity contribution in [3.8, 4) is 0 Å². The van der Waals surface area contributed by atoms with Crippen molar-refractivity contribution in [3.63, 3.8) is 0 Å². The van der Waals surface area contributed by atoms with Crippen molar-refractivity contribution < 1.29 is 31.1 Å². The van der Waals surface area contributed by atoms with Crippen LogP contribution in [0.15, 0.2) is 65.7 Å². The molecule has 3 aromatic rings. The topological polar surface area (TPSA) is 74.8 Å². The highest BCUT2D eigenvalue weighted by molar-refractivity contribution is 5.92. The number of hydrogen-bond donors (Lipinski definition) is 2. The number of nitrogens with one attached hydrogen (secondary N) is 2. The smallest absolute Gasteiger partial charge is 0.357 e. The third-order valence-corrected chi connectivity index (χ3v) is 4.28. The van der Waals surface area contributed by atoms with Gasteiger partial charge in [-0.15, -0.1) is 0 Å². The Morgan fingerprint density at radius 1 is 0.968 bits per heavy atom. The fraction of sp³-hybridized carbons (Fsp3) is 0.150. The summed E-state index contributed by atoms with van der Waals surface area (Å²) in [6, 6.07) is 5.60. The summed E-state index contributed by atoms with van der Waals surface area (Å²) in [5.74, 6) is -0.943. The lowest BCUT2D eigenvalue weighted by Gasteiger charge is -2.22. The zero-order valence-corrected chi connectivity index (χ0v) is 15.4. The maximum Gasteiger partial charge on any atom is 0.418 e. The molecule has 2 heterocycles. The van der Waals surface area contributed by atoms with Crippen LogP contribution in [0.25, 0.3) is 0 Å². The number of amides is 1. The van der Waals surface area contributed by atoms with E-state index < -0.39 is 46.6 Å². The molecule has 0 saturated carbocycles. The number of alkyl halides is 6. The lowest BCUT2D eigenvalue weighted by molar-refractivity contribution is -0.139. The summed E-state index contributed by atoms with van der Waals surface area (Å²) in [5, 5.41) is 2.31. The van der Waals surface area contributed by atoms with Gasteiger partial charge in [0.2, 0.25) is 0 Å². The third kappa shape index (κ3) is 5.11. The molecule has 0 fully saturated rings. The van der Waals surface area contributed by atoms with Gasteiger partial charge in [-0.25, -0.2) is 0 Å². The van der Waals surface area contributed by atoms with E-state index in [1.165, 1.54) is 6.20 Å². The zero-order valence-electron chi connectivity index (χ0n) is 15.4. The molecule has 0 aliphatic rings. The molecule has 1 amide bonds. The van der Waals surface area contributed by atoms with E-state index in [2.05, 4.69) is 15.3 Å². The number of halogens is 6. The first-order chi connectivity index (χ1) is 14.5. The van der Waals surface area contributed by atoms with Crippen molar-refractivity contribution in [1.82, 2.24) is 15.3 Å². The van der Waals surface area contributed by atoms with Gasteiger partial charge in [-0.1, -0.05) is 12.1 Å². The van der Waals surface area contributed by atoms with Crippen molar-refractivity contribution in [3.05, 3.63) is 99.2 Å². The second-order valence-corrected chi connectivity index (χ2v) is 6.40. The summed E-state index contributed by atoms with van der Waals surface area (Å²) in [4.78, 5) is 30.3. The number of carbonyl (C=O) groups excluding carboxylic acids is 1. The van der Waals surface area contributed by atoms with Crippen LogP contribution in [0.3, 0.4) is 0 Å². The molecule has 0 aliphatic heterocycles. The summed E-state index contributed by atoms with van der Waals surface area (Å²) in [5.41, 5.74) is -3.62. The van der Waals surface area contributed by atoms with E-state index in [0.717, 1.165) is 42.6 Å². The largest absolute Gasteiger partial charge is 0.418 e. The third-order valence-electron chi connectivity index (χ3n) is 4.28. The van der Waals surface area contributed by atoms with Gasteiger partial charge in [-0.2, -0.15) is 26.3 Å². The lowest BCUT2D eigenvalue weighted by Crippen LogP contribution is -2.32. The number of aromatic nitrogens is 2. The summed E-state index contributed by atoms with van der Waals surface area (Å²) in [7, 11) is 0. The molecule has 0 spiro atoms. The molecule has 31 heavy (non-hydrogen) atoms. The number of pyridine rings is 2. The predicted octanol–water partition coefficient (Wildman–Crippen LogP) is 4.33. The maximum absolute atomic E-state index is 13.5. The van der Waals surface area contributed by atoms with E-state index in [0.29, 0.717) is 12.1 Å². The molecule has 2 aromatic heterocycles. The van der Waals surface area contributed by atoms with E-state index in [9.17, 15) is 35.9 Å². The number of nitrogens with zero attached hydrogens (tertiary/aromatic N) is 1. The van der Waals surface area contributed by atoms with E-state index in [1.807, 2.05) is 0 Å². The summed E-state index contributed by atoms with van der Waals surface area (Å²) >= 11 is 0. The minimum absolute atomic E-state index is 0.0659. The van der Waals surface area contributed by atoms with Crippen LogP contribution >= 0.6 is 0 Å². The monoisotopic (exact) mass is 441 g/mol. The van der Waals surface area contributed by atoms with Gasteiger partial charge in [0.15, 0.2) is 5.43 Å². The SMILES string of the molecule is O=C(N[C@@H](c1ccc(C(F)(F)F)cc1)c1ncccc1C(F)(F)F)c1cc(=O)cc[nH]1. The number of benzene rings is 1. The van der Waals surface area contributed by atoms with Crippen LogP contribution in [0.1, 0.15) is 38.9 Å². The molecular formula is C20H13F6N3O2. The zero-order chi connectivity index (χ0) is 22.8. The van der Waals surface area contributed by atoms with Gasteiger partial charge in [0, 0.05) is 24.5 Å². The number of aromatic amines is 1. The predicted molar refractivity (Wildman–Crippen MR) is 97.1 cm³/mol. The number of carbonyl (C=O) groups is 1. The second-order valence-electron chi connectivity index (χ2n) is 6.40. The van der Waals surface area contributed by atoms with Gasteiger partial charge in [0.1, 0.15) is 5.69 Å². The van der Waals surface area contributed by atoms with Crippen molar-refractivity contribution in [2.75, 3.05) is 0 Å². The van der Waals surface area contributed by atoms with Crippen LogP contribution in [0.4, 0.5) is 26.3 Å². The number of rotatable bonds is 4. The molecule has 11 heteroatoms. The molecule has 0 saturated heterocycles. The Balaban J connectivity index is 2.09. The molecule has 1 atom stereocenters. The highest BCUT2D eigenvalue weighted by Gasteiger charge is 2.37. The number of hydrogen-bond acceptors (Lipinski definition) is 3. The minimum Gasteiger partial charge on any atom is -0.357 e. The molecule has 162 valence electrons. The molecule has 2 N–H and O–H groups in total. The average molecular weight is 441 g/mol. The van der Waals surface area contributed by atoms with Crippen LogP contribution in [0, 0.1) is 0 Å². The summed E-state index contributed by atoms with van der Waals surface area (Å²) in [6.45, 7) is 0. The standard InChI is InChI=1S/C20H13F6N3O2/c21-19(22,23)12-5-3-11(4-6-12)16(17-14(20(24,25)26)2-1-8-28-17)29-18(31)15-10-13(30)7-9-27-15/h1-10,16H,(H,27,30)(H,29,31)/t16-/m0/s1. The quantitative estimate of drug-likeness (QED) is 0.592. The Bertz CT molecular complexity index is 1140. The fourth-order valence-electron chi connectivity index (χ4n) is 2.85. The van der Waals surface area contributed by atoms with E-state index in [4.69, 9.17) is 0 Å². The first-order valence-electron chi connectivity index (χ1n) is 8.65. The van der Waals surface area contributed by atoms with Gasteiger partial charge >= 0.3 is 12.4 Å². The van der Waals surface area contributed by atoms with E-state index in [1.54, 1.807) is 0 Å². The van der Waals surface area contributed by atoms with Crippen molar-refractivity contribution in [1.29, 1.82) is 0 Å². The van der Waals surface area contributed by atoms with Gasteiger partial charge in [-0.3, -0.25) is 14.6 Å². The van der Waals surface area contributed by atoms with Crippen molar-refractivity contribution in [2.45, 2.75) is 18.4 Å². The van der Waals surface area contributed by atoms with Crippen LogP contribution in [-0.2, 0) is 12.4 Å². The second kappa shape index (κ2) is 8.25.